The van der Waals surface area contributed by atoms with E-state index in [1.54, 1.807) is 0 Å². The SMILES string of the molecule is BC[P@@](C)[C@@H](C)C(C)P. The maximum absolute atomic E-state index is 2.89. The highest BCUT2D eigenvalue weighted by atomic mass is 31.1. The van der Waals surface area contributed by atoms with Crippen molar-refractivity contribution in [3.05, 3.63) is 0 Å². The fraction of sp³-hybridized carbons (Fsp3) is 1.00. The van der Waals surface area contributed by atoms with Crippen molar-refractivity contribution in [2.45, 2.75) is 25.2 Å². The van der Waals surface area contributed by atoms with Crippen molar-refractivity contribution in [1.82, 2.24) is 0 Å². The Balaban J connectivity index is 3.58. The minimum absolute atomic E-state index is 0.300. The molecule has 0 aromatic heterocycles. The fourth-order valence-electron chi connectivity index (χ4n) is 0.689. The summed E-state index contributed by atoms with van der Waals surface area (Å²) in [7, 11) is 5.47. The molecule has 3 heteroatoms. The Labute approximate surface area is 63.5 Å². The minimum atomic E-state index is 0.300. The van der Waals surface area contributed by atoms with Gasteiger partial charge in [0.25, 0.3) is 0 Å². The molecular weight excluding hydrogens is 145 g/mol. The molecule has 0 aromatic carbocycles. The molecule has 0 fully saturated rings. The van der Waals surface area contributed by atoms with Gasteiger partial charge in [-0.25, -0.2) is 0 Å². The third-order valence-electron chi connectivity index (χ3n) is 1.95. The first-order valence-corrected chi connectivity index (χ1v) is 6.26. The van der Waals surface area contributed by atoms with Crippen LogP contribution >= 0.6 is 17.2 Å². The molecule has 2 unspecified atom stereocenters. The lowest BCUT2D eigenvalue weighted by Gasteiger charge is -2.22. The van der Waals surface area contributed by atoms with Gasteiger partial charge in [0.1, 0.15) is 7.85 Å². The zero-order chi connectivity index (χ0) is 7.44. The van der Waals surface area contributed by atoms with Crippen LogP contribution in [0.5, 0.6) is 0 Å². The lowest BCUT2D eigenvalue weighted by Crippen LogP contribution is -2.12. The molecule has 0 N–H and O–H groups in total. The third kappa shape index (κ3) is 3.59. The van der Waals surface area contributed by atoms with Gasteiger partial charge in [-0.3, -0.25) is 0 Å². The van der Waals surface area contributed by atoms with Crippen LogP contribution in [0.4, 0.5) is 0 Å². The van der Waals surface area contributed by atoms with E-state index < -0.39 is 0 Å². The molecule has 0 nitrogen and oxygen atoms in total. The van der Waals surface area contributed by atoms with Crippen molar-refractivity contribution in [1.29, 1.82) is 0 Å². The lowest BCUT2D eigenvalue weighted by atomic mass is 10.2. The van der Waals surface area contributed by atoms with Crippen LogP contribution in [0.2, 0.25) is 0 Å². The predicted molar refractivity (Wildman–Crippen MR) is 54.9 cm³/mol. The van der Waals surface area contributed by atoms with Crippen molar-refractivity contribution < 1.29 is 0 Å². The van der Waals surface area contributed by atoms with Gasteiger partial charge >= 0.3 is 0 Å². The van der Waals surface area contributed by atoms with Crippen molar-refractivity contribution in [2.75, 3.05) is 12.7 Å². The van der Waals surface area contributed by atoms with Gasteiger partial charge in [-0.15, -0.1) is 17.2 Å². The Morgan fingerprint density at radius 1 is 1.56 bits per heavy atom. The standard InChI is InChI=1S/C6H17BP2/c1-5(8)6(2)9(3)4-7/h5-6H,4,7-8H2,1-3H3/t5?,6-,9+/m0/s1. The average Bonchev–Trinajstić information content (AvgIpc) is 1.84. The number of hydrogen-bond acceptors (Lipinski definition) is 0. The molecule has 0 bridgehead atoms. The van der Waals surface area contributed by atoms with E-state index in [9.17, 15) is 0 Å². The molecule has 9 heavy (non-hydrogen) atoms. The molecule has 0 rings (SSSR count). The van der Waals surface area contributed by atoms with Crippen LogP contribution in [0.25, 0.3) is 0 Å². The van der Waals surface area contributed by atoms with Crippen LogP contribution in [-0.4, -0.2) is 31.9 Å². The highest BCUT2D eigenvalue weighted by Crippen LogP contribution is 2.38. The van der Waals surface area contributed by atoms with E-state index in [1.165, 1.54) is 6.06 Å². The summed E-state index contributed by atoms with van der Waals surface area (Å²) in [5, 5.41) is 0. The van der Waals surface area contributed by atoms with Gasteiger partial charge in [-0.05, 0) is 18.0 Å². The van der Waals surface area contributed by atoms with E-state index in [1.807, 2.05) is 0 Å². The first-order chi connectivity index (χ1) is 4.09. The van der Waals surface area contributed by atoms with Gasteiger partial charge < -0.3 is 0 Å². The summed E-state index contributed by atoms with van der Waals surface area (Å²) in [4.78, 5) is 0. The zero-order valence-corrected chi connectivity index (χ0v) is 8.94. The van der Waals surface area contributed by atoms with Gasteiger partial charge in [-0.2, -0.15) is 0 Å². The first-order valence-electron chi connectivity index (χ1n) is 3.55. The van der Waals surface area contributed by atoms with Crippen molar-refractivity contribution in [2.24, 2.45) is 0 Å². The van der Waals surface area contributed by atoms with E-state index in [0.29, 0.717) is 7.92 Å². The minimum Gasteiger partial charge on any atom is -0.134 e. The van der Waals surface area contributed by atoms with E-state index in [4.69, 9.17) is 0 Å². The molecular formula is C6H17BP2. The van der Waals surface area contributed by atoms with Crippen molar-refractivity contribution >= 4 is 25.0 Å². The Kier molecular flexibility index (Phi) is 5.18. The van der Waals surface area contributed by atoms with E-state index in [-0.39, 0.29) is 0 Å². The van der Waals surface area contributed by atoms with Gasteiger partial charge in [0.05, 0.1) is 0 Å². The van der Waals surface area contributed by atoms with Gasteiger partial charge in [-0.1, -0.05) is 19.9 Å². The monoisotopic (exact) mass is 162 g/mol. The van der Waals surface area contributed by atoms with Crippen LogP contribution in [-0.2, 0) is 0 Å². The van der Waals surface area contributed by atoms with E-state index >= 15 is 0 Å². The van der Waals surface area contributed by atoms with Crippen LogP contribution < -0.4 is 0 Å². The van der Waals surface area contributed by atoms with E-state index in [2.05, 4.69) is 37.6 Å². The third-order valence-corrected chi connectivity index (χ3v) is 5.71. The molecule has 0 saturated heterocycles. The Bertz CT molecular complexity index is 75.5. The Hall–Kier alpha value is 0.925. The summed E-state index contributed by atoms with van der Waals surface area (Å²) in [5.41, 5.74) is 1.70. The summed E-state index contributed by atoms with van der Waals surface area (Å²) < 4.78 is 0. The smallest absolute Gasteiger partial charge is 0.106 e. The maximum Gasteiger partial charge on any atom is 0.106 e. The summed E-state index contributed by atoms with van der Waals surface area (Å²) in [6.45, 7) is 7.03. The average molecular weight is 162 g/mol. The molecule has 0 aliphatic heterocycles. The van der Waals surface area contributed by atoms with Crippen molar-refractivity contribution in [3.8, 4) is 0 Å². The molecule has 4 atom stereocenters. The molecule has 0 amide bonds. The van der Waals surface area contributed by atoms with Crippen LogP contribution in [0.1, 0.15) is 13.8 Å². The fourth-order valence-corrected chi connectivity index (χ4v) is 2.95. The summed E-state index contributed by atoms with van der Waals surface area (Å²) in [6.07, 6.45) is 0. The molecule has 0 aromatic rings. The van der Waals surface area contributed by atoms with Crippen LogP contribution in [0, 0.1) is 0 Å². The topological polar surface area (TPSA) is 0 Å². The van der Waals surface area contributed by atoms with Gasteiger partial charge in [0.15, 0.2) is 0 Å². The zero-order valence-electron chi connectivity index (χ0n) is 6.89. The van der Waals surface area contributed by atoms with Gasteiger partial charge in [0.2, 0.25) is 0 Å². The van der Waals surface area contributed by atoms with Gasteiger partial charge in [0, 0.05) is 0 Å². The molecule has 54 valence electrons. The summed E-state index contributed by atoms with van der Waals surface area (Å²) >= 11 is 0. The second-order valence-corrected chi connectivity index (χ2v) is 6.69. The first kappa shape index (κ1) is 9.92. The highest BCUT2D eigenvalue weighted by Gasteiger charge is 2.12. The van der Waals surface area contributed by atoms with Crippen LogP contribution in [0.15, 0.2) is 0 Å². The quantitative estimate of drug-likeness (QED) is 0.433. The van der Waals surface area contributed by atoms with Crippen LogP contribution in [0.3, 0.4) is 0 Å². The normalized spacial score (nSPS) is 20.9. The summed E-state index contributed by atoms with van der Waals surface area (Å²) in [5.74, 6) is 0. The highest BCUT2D eigenvalue weighted by molar-refractivity contribution is 7.59. The molecule has 0 spiro atoms. The summed E-state index contributed by atoms with van der Waals surface area (Å²) in [6, 6.07) is 1.37. The predicted octanol–water partition coefficient (Wildman–Crippen LogP) is 1.34. The molecule has 0 aliphatic rings. The Morgan fingerprint density at radius 2 is 2.00 bits per heavy atom. The molecule has 0 radical (unpaired) electrons. The lowest BCUT2D eigenvalue weighted by molar-refractivity contribution is 0.916. The number of hydrogen-bond donors (Lipinski definition) is 0. The maximum atomic E-state index is 2.89. The molecule has 0 aliphatic carbocycles. The van der Waals surface area contributed by atoms with E-state index in [0.717, 1.165) is 11.3 Å². The molecule has 0 saturated carbocycles. The largest absolute Gasteiger partial charge is 0.134 e. The van der Waals surface area contributed by atoms with Crippen molar-refractivity contribution in [3.63, 3.8) is 0 Å². The second kappa shape index (κ2) is 4.70. The molecule has 0 heterocycles. The Morgan fingerprint density at radius 3 is 2.11 bits per heavy atom. The second-order valence-electron chi connectivity index (χ2n) is 2.67. The number of rotatable bonds is 3.